The number of hydrogen-bond acceptors (Lipinski definition) is 4. The fraction of sp³-hybridized carbons (Fsp3) is 0.286. The Morgan fingerprint density at radius 1 is 1.18 bits per heavy atom. The van der Waals surface area contributed by atoms with E-state index in [1.165, 1.54) is 16.8 Å². The molecule has 1 unspecified atom stereocenters. The van der Waals surface area contributed by atoms with Crippen molar-refractivity contribution in [2.75, 3.05) is 19.3 Å². The van der Waals surface area contributed by atoms with Gasteiger partial charge in [-0.15, -0.1) is 11.8 Å². The van der Waals surface area contributed by atoms with Crippen molar-refractivity contribution in [2.45, 2.75) is 24.8 Å². The van der Waals surface area contributed by atoms with Crippen molar-refractivity contribution in [2.24, 2.45) is 0 Å². The number of carbonyl (C=O) groups excluding carboxylic acids is 1. The van der Waals surface area contributed by atoms with Gasteiger partial charge in [0.05, 0.1) is 11.7 Å². The average Bonchev–Trinajstić information content (AvgIpc) is 3.26. The van der Waals surface area contributed by atoms with E-state index in [4.69, 9.17) is 0 Å². The first-order valence-electron chi connectivity index (χ1n) is 9.19. The first-order valence-corrected chi connectivity index (χ1v) is 10.2. The quantitative estimate of drug-likeness (QED) is 0.484. The Morgan fingerprint density at radius 2 is 1.89 bits per heavy atom. The molecule has 0 aliphatic carbocycles. The van der Waals surface area contributed by atoms with E-state index >= 15 is 0 Å². The average molecular weight is 396 g/mol. The van der Waals surface area contributed by atoms with Crippen LogP contribution in [0.15, 0.2) is 66.1 Å². The highest BCUT2D eigenvalue weighted by Crippen LogP contribution is 2.21. The number of urea groups is 1. The summed E-state index contributed by atoms with van der Waals surface area (Å²) in [7, 11) is 1.82. The third kappa shape index (κ3) is 5.13. The van der Waals surface area contributed by atoms with Crippen molar-refractivity contribution in [3.63, 3.8) is 0 Å². The minimum Gasteiger partial charge on any atom is -0.337 e. The Labute approximate surface area is 170 Å². The summed E-state index contributed by atoms with van der Waals surface area (Å²) < 4.78 is 1.70. The SMILES string of the molecule is Cc1ccc(SCCNC(=O)N(C)C(C)c2ccc(-n3cncn3)cc2)cc1. The summed E-state index contributed by atoms with van der Waals surface area (Å²) in [6.45, 7) is 4.72. The summed E-state index contributed by atoms with van der Waals surface area (Å²) in [5, 5.41) is 7.11. The fourth-order valence-corrected chi connectivity index (χ4v) is 3.50. The zero-order valence-corrected chi connectivity index (χ0v) is 17.2. The molecule has 0 aliphatic rings. The van der Waals surface area contributed by atoms with Crippen LogP contribution in [0, 0.1) is 6.92 Å². The van der Waals surface area contributed by atoms with Gasteiger partial charge in [-0.1, -0.05) is 29.8 Å². The number of hydrogen-bond donors (Lipinski definition) is 1. The molecule has 0 fully saturated rings. The van der Waals surface area contributed by atoms with Crippen molar-refractivity contribution in [3.8, 4) is 5.69 Å². The highest BCUT2D eigenvalue weighted by molar-refractivity contribution is 7.99. The molecular weight excluding hydrogens is 370 g/mol. The maximum absolute atomic E-state index is 12.5. The summed E-state index contributed by atoms with van der Waals surface area (Å²) >= 11 is 1.74. The van der Waals surface area contributed by atoms with Crippen molar-refractivity contribution < 1.29 is 4.79 Å². The van der Waals surface area contributed by atoms with E-state index in [2.05, 4.69) is 46.6 Å². The topological polar surface area (TPSA) is 63.1 Å². The van der Waals surface area contributed by atoms with Gasteiger partial charge >= 0.3 is 6.03 Å². The van der Waals surface area contributed by atoms with E-state index in [0.717, 1.165) is 17.0 Å². The number of nitrogens with one attached hydrogen (secondary N) is 1. The van der Waals surface area contributed by atoms with Crippen molar-refractivity contribution >= 4 is 17.8 Å². The van der Waals surface area contributed by atoms with E-state index < -0.39 is 0 Å². The molecule has 7 heteroatoms. The number of rotatable bonds is 7. The van der Waals surface area contributed by atoms with Crippen LogP contribution >= 0.6 is 11.8 Å². The predicted octanol–water partition coefficient (Wildman–Crippen LogP) is 4.07. The molecule has 28 heavy (non-hydrogen) atoms. The van der Waals surface area contributed by atoms with Crippen LogP contribution in [0.25, 0.3) is 5.69 Å². The van der Waals surface area contributed by atoms with E-state index in [1.807, 2.05) is 38.2 Å². The monoisotopic (exact) mass is 395 g/mol. The summed E-state index contributed by atoms with van der Waals surface area (Å²) in [6.07, 6.45) is 3.17. The Bertz CT molecular complexity index is 878. The second kappa shape index (κ2) is 9.41. The second-order valence-electron chi connectivity index (χ2n) is 6.61. The van der Waals surface area contributed by atoms with Crippen LogP contribution in [0.1, 0.15) is 24.1 Å². The van der Waals surface area contributed by atoms with Crippen molar-refractivity contribution in [1.29, 1.82) is 0 Å². The van der Waals surface area contributed by atoms with Crippen molar-refractivity contribution in [3.05, 3.63) is 72.3 Å². The third-order valence-electron chi connectivity index (χ3n) is 4.63. The van der Waals surface area contributed by atoms with Crippen LogP contribution in [-0.2, 0) is 0 Å². The molecule has 0 aliphatic heterocycles. The molecule has 1 N–H and O–H groups in total. The van der Waals surface area contributed by atoms with E-state index in [0.29, 0.717) is 6.54 Å². The zero-order valence-electron chi connectivity index (χ0n) is 16.4. The van der Waals surface area contributed by atoms with Gasteiger partial charge in [0.1, 0.15) is 12.7 Å². The molecule has 0 bridgehead atoms. The first-order chi connectivity index (χ1) is 13.5. The maximum atomic E-state index is 12.5. The highest BCUT2D eigenvalue weighted by atomic mass is 32.2. The van der Waals surface area contributed by atoms with Crippen LogP contribution in [0.3, 0.4) is 0 Å². The molecular formula is C21H25N5OS. The van der Waals surface area contributed by atoms with Crippen LogP contribution in [-0.4, -0.2) is 45.0 Å². The van der Waals surface area contributed by atoms with Gasteiger partial charge in [0.15, 0.2) is 0 Å². The molecule has 0 saturated heterocycles. The number of aromatic nitrogens is 3. The summed E-state index contributed by atoms with van der Waals surface area (Å²) in [6, 6.07) is 16.3. The van der Waals surface area contributed by atoms with Crippen LogP contribution in [0.2, 0.25) is 0 Å². The van der Waals surface area contributed by atoms with Crippen LogP contribution < -0.4 is 5.32 Å². The lowest BCUT2D eigenvalue weighted by Gasteiger charge is -2.25. The molecule has 6 nitrogen and oxygen atoms in total. The Morgan fingerprint density at radius 3 is 2.54 bits per heavy atom. The molecule has 3 aromatic rings. The lowest BCUT2D eigenvalue weighted by molar-refractivity contribution is 0.195. The van der Waals surface area contributed by atoms with Gasteiger partial charge in [0.2, 0.25) is 0 Å². The number of amides is 2. The van der Waals surface area contributed by atoms with Gasteiger partial charge in [0.25, 0.3) is 0 Å². The van der Waals surface area contributed by atoms with Gasteiger partial charge in [0, 0.05) is 24.2 Å². The molecule has 1 aromatic heterocycles. The van der Waals surface area contributed by atoms with E-state index in [9.17, 15) is 4.79 Å². The van der Waals surface area contributed by atoms with Crippen LogP contribution in [0.4, 0.5) is 4.79 Å². The number of carbonyl (C=O) groups is 1. The van der Waals surface area contributed by atoms with Gasteiger partial charge in [-0.25, -0.2) is 14.5 Å². The normalized spacial score (nSPS) is 11.8. The molecule has 2 aromatic carbocycles. The zero-order chi connectivity index (χ0) is 19.9. The molecule has 0 radical (unpaired) electrons. The van der Waals surface area contributed by atoms with E-state index in [-0.39, 0.29) is 12.1 Å². The smallest absolute Gasteiger partial charge is 0.317 e. The lowest BCUT2D eigenvalue weighted by atomic mass is 10.1. The maximum Gasteiger partial charge on any atom is 0.317 e. The molecule has 0 saturated carbocycles. The third-order valence-corrected chi connectivity index (χ3v) is 5.64. The minimum absolute atomic E-state index is 0.0328. The number of aryl methyl sites for hydroxylation is 1. The standard InChI is InChI=1S/C21H25N5OS/c1-16-4-10-20(11-5-16)28-13-12-23-21(27)25(3)17(2)18-6-8-19(9-7-18)26-15-22-14-24-26/h4-11,14-15,17H,12-13H2,1-3H3,(H,23,27). The molecule has 146 valence electrons. The molecule has 0 spiro atoms. The Kier molecular flexibility index (Phi) is 6.71. The summed E-state index contributed by atoms with van der Waals surface area (Å²) in [5.74, 6) is 0.837. The predicted molar refractivity (Wildman–Crippen MR) is 113 cm³/mol. The second-order valence-corrected chi connectivity index (χ2v) is 7.78. The molecule has 1 heterocycles. The molecule has 2 amide bonds. The Balaban J connectivity index is 1.47. The highest BCUT2D eigenvalue weighted by Gasteiger charge is 2.17. The number of benzene rings is 2. The van der Waals surface area contributed by atoms with Crippen LogP contribution in [0.5, 0.6) is 0 Å². The lowest BCUT2D eigenvalue weighted by Crippen LogP contribution is -2.39. The van der Waals surface area contributed by atoms with Gasteiger partial charge < -0.3 is 10.2 Å². The summed E-state index contributed by atoms with van der Waals surface area (Å²) in [5.41, 5.74) is 3.26. The largest absolute Gasteiger partial charge is 0.337 e. The molecule has 1 atom stereocenters. The minimum atomic E-state index is -0.0719. The van der Waals surface area contributed by atoms with Gasteiger partial charge in [-0.3, -0.25) is 0 Å². The molecule has 3 rings (SSSR count). The van der Waals surface area contributed by atoms with Gasteiger partial charge in [-0.05, 0) is 43.7 Å². The summed E-state index contributed by atoms with van der Waals surface area (Å²) in [4.78, 5) is 19.3. The van der Waals surface area contributed by atoms with E-state index in [1.54, 1.807) is 27.7 Å². The Hall–Kier alpha value is -2.80. The van der Waals surface area contributed by atoms with Crippen molar-refractivity contribution in [1.82, 2.24) is 25.0 Å². The number of thioether (sulfide) groups is 1. The van der Waals surface area contributed by atoms with Gasteiger partial charge in [-0.2, -0.15) is 5.10 Å². The number of nitrogens with zero attached hydrogens (tertiary/aromatic N) is 4. The first kappa shape index (κ1) is 19.9. The fourth-order valence-electron chi connectivity index (χ4n) is 2.73.